The number of amides is 1. The molecule has 2 aromatic carbocycles. The molecule has 1 amide bonds. The molecular weight excluding hydrogens is 360 g/mol. The summed E-state index contributed by atoms with van der Waals surface area (Å²) in [4.78, 5) is 17.7. The Kier molecular flexibility index (Phi) is 5.97. The summed E-state index contributed by atoms with van der Waals surface area (Å²) in [7, 11) is 2.18. The highest BCUT2D eigenvalue weighted by molar-refractivity contribution is 5.98. The van der Waals surface area contributed by atoms with Crippen LogP contribution >= 0.6 is 0 Å². The van der Waals surface area contributed by atoms with Gasteiger partial charge in [0.25, 0.3) is 5.91 Å². The first-order valence-corrected chi connectivity index (χ1v) is 10.5. The van der Waals surface area contributed by atoms with Crippen molar-refractivity contribution in [3.8, 4) is 0 Å². The second-order valence-corrected chi connectivity index (χ2v) is 7.91. The zero-order valence-electron chi connectivity index (χ0n) is 17.4. The maximum absolute atomic E-state index is 12.9. The molecule has 0 radical (unpaired) electrons. The highest BCUT2D eigenvalue weighted by Gasteiger charge is 2.15. The molecule has 152 valence electrons. The van der Waals surface area contributed by atoms with E-state index < -0.39 is 0 Å². The summed E-state index contributed by atoms with van der Waals surface area (Å²) in [6.07, 6.45) is 0. The summed E-state index contributed by atoms with van der Waals surface area (Å²) in [5, 5.41) is 4.21. The Bertz CT molecular complexity index is 985. The molecule has 0 unspecified atom stereocenters. The minimum absolute atomic E-state index is 0.0208. The lowest BCUT2D eigenvalue weighted by Gasteiger charge is -2.32. The molecule has 5 heteroatoms. The largest absolute Gasteiger partial charge is 0.347 e. The normalized spacial score (nSPS) is 15.7. The van der Waals surface area contributed by atoms with E-state index >= 15 is 0 Å². The molecule has 1 aliphatic rings. The van der Waals surface area contributed by atoms with Crippen molar-refractivity contribution >= 4 is 16.8 Å². The molecule has 1 fully saturated rings. The second-order valence-electron chi connectivity index (χ2n) is 7.91. The monoisotopic (exact) mass is 390 g/mol. The number of aryl methyl sites for hydroxylation is 1. The van der Waals surface area contributed by atoms with Crippen LogP contribution in [-0.4, -0.2) is 53.5 Å². The number of nitrogens with one attached hydrogen (secondary N) is 1. The number of hydrogen-bond donors (Lipinski definition) is 1. The van der Waals surface area contributed by atoms with Gasteiger partial charge in [-0.15, -0.1) is 0 Å². The highest BCUT2D eigenvalue weighted by Crippen LogP contribution is 2.20. The summed E-state index contributed by atoms with van der Waals surface area (Å²) >= 11 is 0. The maximum Gasteiger partial charge on any atom is 0.268 e. The third-order valence-corrected chi connectivity index (χ3v) is 5.81. The Morgan fingerprint density at radius 3 is 2.52 bits per heavy atom. The van der Waals surface area contributed by atoms with Gasteiger partial charge in [0, 0.05) is 56.7 Å². The fourth-order valence-corrected chi connectivity index (χ4v) is 4.11. The molecule has 0 atom stereocenters. The average molecular weight is 391 g/mol. The van der Waals surface area contributed by atoms with Crippen LogP contribution in [0.4, 0.5) is 0 Å². The molecule has 0 saturated carbocycles. The van der Waals surface area contributed by atoms with Crippen molar-refractivity contribution in [2.75, 3.05) is 33.2 Å². The zero-order chi connectivity index (χ0) is 20.2. The van der Waals surface area contributed by atoms with Crippen LogP contribution in [0.3, 0.4) is 0 Å². The van der Waals surface area contributed by atoms with Crippen LogP contribution in [0.1, 0.15) is 28.5 Å². The number of rotatable bonds is 6. The van der Waals surface area contributed by atoms with Crippen LogP contribution in [0.5, 0.6) is 0 Å². The number of fused-ring (bicyclic) bond motifs is 1. The quantitative estimate of drug-likeness (QED) is 0.702. The molecule has 1 aromatic heterocycles. The molecule has 5 nitrogen and oxygen atoms in total. The van der Waals surface area contributed by atoms with E-state index in [1.807, 2.05) is 18.2 Å². The minimum atomic E-state index is -0.0208. The molecule has 1 saturated heterocycles. The van der Waals surface area contributed by atoms with Crippen LogP contribution in [-0.2, 0) is 19.6 Å². The first kappa shape index (κ1) is 19.7. The van der Waals surface area contributed by atoms with Gasteiger partial charge in [0.2, 0.25) is 0 Å². The Morgan fingerprint density at radius 1 is 0.966 bits per heavy atom. The highest BCUT2D eigenvalue weighted by atomic mass is 16.1. The van der Waals surface area contributed by atoms with Gasteiger partial charge in [-0.1, -0.05) is 42.5 Å². The van der Waals surface area contributed by atoms with E-state index in [-0.39, 0.29) is 5.91 Å². The van der Waals surface area contributed by atoms with Gasteiger partial charge in [0.05, 0.1) is 0 Å². The van der Waals surface area contributed by atoms with Crippen molar-refractivity contribution in [2.24, 2.45) is 0 Å². The minimum Gasteiger partial charge on any atom is -0.347 e. The Balaban J connectivity index is 1.41. The van der Waals surface area contributed by atoms with Crippen LogP contribution in [0.15, 0.2) is 54.6 Å². The van der Waals surface area contributed by atoms with Gasteiger partial charge in [0.15, 0.2) is 0 Å². The summed E-state index contributed by atoms with van der Waals surface area (Å²) < 4.78 is 2.08. The lowest BCUT2D eigenvalue weighted by atomic mass is 10.1. The van der Waals surface area contributed by atoms with Gasteiger partial charge < -0.3 is 14.8 Å². The third kappa shape index (κ3) is 4.52. The molecule has 4 rings (SSSR count). The van der Waals surface area contributed by atoms with Crippen molar-refractivity contribution in [3.05, 3.63) is 71.4 Å². The van der Waals surface area contributed by atoms with Gasteiger partial charge in [-0.25, -0.2) is 0 Å². The molecule has 1 aliphatic heterocycles. The molecule has 0 spiro atoms. The van der Waals surface area contributed by atoms with Crippen molar-refractivity contribution in [3.63, 3.8) is 0 Å². The van der Waals surface area contributed by atoms with Crippen LogP contribution in [0, 0.1) is 0 Å². The number of carbonyl (C=O) groups is 1. The summed E-state index contributed by atoms with van der Waals surface area (Å²) in [6.45, 7) is 8.84. The summed E-state index contributed by atoms with van der Waals surface area (Å²) in [5.74, 6) is -0.0208. The van der Waals surface area contributed by atoms with E-state index in [0.29, 0.717) is 6.54 Å². The van der Waals surface area contributed by atoms with Crippen molar-refractivity contribution in [2.45, 2.75) is 26.6 Å². The van der Waals surface area contributed by atoms with E-state index in [9.17, 15) is 4.79 Å². The molecule has 0 bridgehead atoms. The SMILES string of the molecule is CCn1c(C(=O)NCc2cccc(CN3CCN(C)CC3)c2)cc2ccccc21. The lowest BCUT2D eigenvalue weighted by Crippen LogP contribution is -2.43. The topological polar surface area (TPSA) is 40.5 Å². The molecule has 3 aromatic rings. The molecule has 1 N–H and O–H groups in total. The first-order valence-electron chi connectivity index (χ1n) is 10.5. The second kappa shape index (κ2) is 8.80. The summed E-state index contributed by atoms with van der Waals surface area (Å²) in [6, 6.07) is 18.7. The Labute approximate surface area is 172 Å². The van der Waals surface area contributed by atoms with Gasteiger partial charge in [-0.05, 0) is 37.2 Å². The van der Waals surface area contributed by atoms with Crippen molar-refractivity contribution in [1.29, 1.82) is 0 Å². The van der Waals surface area contributed by atoms with Crippen molar-refractivity contribution in [1.82, 2.24) is 19.7 Å². The fourth-order valence-electron chi connectivity index (χ4n) is 4.11. The van der Waals surface area contributed by atoms with Gasteiger partial charge in [-0.3, -0.25) is 9.69 Å². The first-order chi connectivity index (χ1) is 14.1. The standard InChI is InChI=1S/C24H30N4O/c1-3-28-22-10-5-4-9-21(22)16-23(28)24(29)25-17-19-7-6-8-20(15-19)18-27-13-11-26(2)12-14-27/h4-10,15-16H,3,11-14,17-18H2,1-2H3,(H,25,29). The van der Waals surface area contributed by atoms with E-state index in [4.69, 9.17) is 0 Å². The average Bonchev–Trinajstić information content (AvgIpc) is 3.13. The van der Waals surface area contributed by atoms with E-state index in [1.54, 1.807) is 0 Å². The van der Waals surface area contributed by atoms with Gasteiger partial charge in [0.1, 0.15) is 5.69 Å². The Morgan fingerprint density at radius 2 is 1.72 bits per heavy atom. The van der Waals surface area contributed by atoms with Crippen molar-refractivity contribution < 1.29 is 4.79 Å². The van der Waals surface area contributed by atoms with Crippen LogP contribution < -0.4 is 5.32 Å². The predicted octanol–water partition coefficient (Wildman–Crippen LogP) is 3.34. The molecular formula is C24H30N4O. The number of para-hydroxylation sites is 1. The molecule has 0 aliphatic carbocycles. The lowest BCUT2D eigenvalue weighted by molar-refractivity contribution is 0.0942. The molecule has 29 heavy (non-hydrogen) atoms. The van der Waals surface area contributed by atoms with Gasteiger partial charge in [-0.2, -0.15) is 0 Å². The van der Waals surface area contributed by atoms with E-state index in [0.717, 1.165) is 61.4 Å². The summed E-state index contributed by atoms with van der Waals surface area (Å²) in [5.41, 5.74) is 4.28. The maximum atomic E-state index is 12.9. The van der Waals surface area contributed by atoms with E-state index in [1.165, 1.54) is 5.56 Å². The smallest absolute Gasteiger partial charge is 0.268 e. The third-order valence-electron chi connectivity index (χ3n) is 5.81. The molecule has 2 heterocycles. The number of hydrogen-bond acceptors (Lipinski definition) is 3. The number of nitrogens with zero attached hydrogens (tertiary/aromatic N) is 3. The van der Waals surface area contributed by atoms with Crippen LogP contribution in [0.25, 0.3) is 10.9 Å². The van der Waals surface area contributed by atoms with Gasteiger partial charge >= 0.3 is 0 Å². The predicted molar refractivity (Wildman–Crippen MR) is 118 cm³/mol. The number of carbonyl (C=O) groups excluding carboxylic acids is 1. The Hall–Kier alpha value is -2.63. The number of piperazine rings is 1. The fraction of sp³-hybridized carbons (Fsp3) is 0.375. The number of likely N-dealkylation sites (N-methyl/N-ethyl adjacent to an activating group) is 1. The number of aromatic nitrogens is 1. The number of benzene rings is 2. The van der Waals surface area contributed by atoms with Crippen LogP contribution in [0.2, 0.25) is 0 Å². The zero-order valence-corrected chi connectivity index (χ0v) is 17.4. The van der Waals surface area contributed by atoms with E-state index in [2.05, 4.69) is 70.1 Å².